The number of hydrogen-bond donors (Lipinski definition) is 3. The van der Waals surface area contributed by atoms with Crippen molar-refractivity contribution in [2.75, 3.05) is 0 Å². The van der Waals surface area contributed by atoms with Gasteiger partial charge >= 0.3 is 5.69 Å². The fourth-order valence-corrected chi connectivity index (χ4v) is 2.13. The molecule has 0 saturated heterocycles. The van der Waals surface area contributed by atoms with Crippen LogP contribution in [0.4, 0.5) is 0 Å². The summed E-state index contributed by atoms with van der Waals surface area (Å²) in [6.07, 6.45) is 1.87. The Bertz CT molecular complexity index is 558. The van der Waals surface area contributed by atoms with Crippen LogP contribution < -0.4 is 11.4 Å². The molecule has 0 aliphatic carbocycles. The van der Waals surface area contributed by atoms with Gasteiger partial charge < -0.3 is 15.7 Å². The van der Waals surface area contributed by atoms with Gasteiger partial charge in [-0.05, 0) is 24.1 Å². The average molecular weight is 240 g/mol. The third-order valence-electron chi connectivity index (χ3n) is 2.63. The van der Waals surface area contributed by atoms with Crippen LogP contribution in [0.5, 0.6) is 0 Å². The highest BCUT2D eigenvalue weighted by atomic mass is 35.5. The highest BCUT2D eigenvalue weighted by molar-refractivity contribution is 6.32. The van der Waals surface area contributed by atoms with E-state index < -0.39 is 0 Å². The topological polar surface area (TPSA) is 74.7 Å². The molecule has 16 heavy (non-hydrogen) atoms. The van der Waals surface area contributed by atoms with Gasteiger partial charge in [0.25, 0.3) is 0 Å². The van der Waals surface area contributed by atoms with Crippen LogP contribution in [0, 0.1) is 0 Å². The van der Waals surface area contributed by atoms with Crippen molar-refractivity contribution in [3.05, 3.63) is 33.2 Å². The van der Waals surface area contributed by atoms with Gasteiger partial charge in [-0.3, -0.25) is 0 Å². The van der Waals surface area contributed by atoms with E-state index in [-0.39, 0.29) is 11.7 Å². The number of benzene rings is 1. The molecule has 0 spiro atoms. The lowest BCUT2D eigenvalue weighted by Gasteiger charge is -2.12. The smallest absolute Gasteiger partial charge is 0.323 e. The maximum absolute atomic E-state index is 11.1. The van der Waals surface area contributed by atoms with E-state index in [1.807, 2.05) is 6.07 Å². The van der Waals surface area contributed by atoms with Crippen molar-refractivity contribution in [2.45, 2.75) is 25.8 Å². The summed E-state index contributed by atoms with van der Waals surface area (Å²) in [5, 5.41) is 0.601. The van der Waals surface area contributed by atoms with Crippen LogP contribution in [0.3, 0.4) is 0 Å². The zero-order valence-corrected chi connectivity index (χ0v) is 9.77. The number of hydrogen-bond acceptors (Lipinski definition) is 2. The van der Waals surface area contributed by atoms with E-state index in [1.54, 1.807) is 6.07 Å². The number of halogens is 1. The molecule has 4 nitrogen and oxygen atoms in total. The highest BCUT2D eigenvalue weighted by Gasteiger charge is 2.11. The minimum absolute atomic E-state index is 0.0831. The molecule has 2 rings (SSSR count). The van der Waals surface area contributed by atoms with Crippen LogP contribution in [-0.4, -0.2) is 9.97 Å². The Labute approximate surface area is 97.8 Å². The van der Waals surface area contributed by atoms with Crippen molar-refractivity contribution < 1.29 is 0 Å². The van der Waals surface area contributed by atoms with Crippen LogP contribution >= 0.6 is 11.6 Å². The number of nitrogens with two attached hydrogens (primary N) is 1. The van der Waals surface area contributed by atoms with Crippen molar-refractivity contribution in [1.29, 1.82) is 0 Å². The largest absolute Gasteiger partial charge is 0.324 e. The van der Waals surface area contributed by atoms with E-state index in [0.717, 1.165) is 23.9 Å². The summed E-state index contributed by atoms with van der Waals surface area (Å²) in [6, 6.07) is 3.50. The maximum atomic E-state index is 11.1. The molecule has 1 unspecified atom stereocenters. The molecule has 0 bridgehead atoms. The monoisotopic (exact) mass is 239 g/mol. The van der Waals surface area contributed by atoms with Crippen LogP contribution in [0.1, 0.15) is 31.4 Å². The molecule has 4 N–H and O–H groups in total. The van der Waals surface area contributed by atoms with Gasteiger partial charge in [-0.15, -0.1) is 0 Å². The first-order valence-corrected chi connectivity index (χ1v) is 5.66. The minimum atomic E-state index is -0.229. The summed E-state index contributed by atoms with van der Waals surface area (Å²) < 4.78 is 0. The van der Waals surface area contributed by atoms with Crippen LogP contribution in [0.25, 0.3) is 11.0 Å². The second-order valence-corrected chi connectivity index (χ2v) is 4.30. The fourth-order valence-electron chi connectivity index (χ4n) is 1.82. The standard InChI is InChI=1S/C11H14ClN3O/c1-2-3-8(13)6-4-9-10(5-7(6)12)15-11(16)14-9/h4-5,8H,2-3,13H2,1H3,(H2,14,15,16). The maximum Gasteiger partial charge on any atom is 0.323 e. The Morgan fingerprint density at radius 1 is 1.38 bits per heavy atom. The summed E-state index contributed by atoms with van der Waals surface area (Å²) in [5.74, 6) is 0. The van der Waals surface area contributed by atoms with Gasteiger partial charge in [-0.25, -0.2) is 4.79 Å². The second kappa shape index (κ2) is 4.31. The van der Waals surface area contributed by atoms with Gasteiger partial charge in [0.1, 0.15) is 0 Å². The molecule has 1 aromatic carbocycles. The zero-order valence-electron chi connectivity index (χ0n) is 9.01. The van der Waals surface area contributed by atoms with Crippen LogP contribution in [0.15, 0.2) is 16.9 Å². The number of aromatic nitrogens is 2. The summed E-state index contributed by atoms with van der Waals surface area (Å²) in [5.41, 5.74) is 8.13. The van der Waals surface area contributed by atoms with Crippen LogP contribution in [-0.2, 0) is 0 Å². The lowest BCUT2D eigenvalue weighted by atomic mass is 10.0. The lowest BCUT2D eigenvalue weighted by molar-refractivity contribution is 0.639. The molecule has 0 fully saturated rings. The van der Waals surface area contributed by atoms with E-state index in [9.17, 15) is 4.79 Å². The van der Waals surface area contributed by atoms with Gasteiger partial charge in [0.05, 0.1) is 11.0 Å². The molecule has 2 aromatic rings. The number of rotatable bonds is 3. The van der Waals surface area contributed by atoms with Gasteiger partial charge in [0, 0.05) is 11.1 Å². The molecular formula is C11H14ClN3O. The Morgan fingerprint density at radius 3 is 2.62 bits per heavy atom. The third-order valence-corrected chi connectivity index (χ3v) is 2.96. The van der Waals surface area contributed by atoms with Gasteiger partial charge in [-0.1, -0.05) is 24.9 Å². The molecule has 0 aliphatic rings. The molecule has 0 amide bonds. The summed E-state index contributed by atoms with van der Waals surface area (Å²) >= 11 is 6.13. The summed E-state index contributed by atoms with van der Waals surface area (Å²) in [4.78, 5) is 16.5. The molecular weight excluding hydrogens is 226 g/mol. The van der Waals surface area contributed by atoms with Crippen molar-refractivity contribution in [3.63, 3.8) is 0 Å². The molecule has 86 valence electrons. The van der Waals surface area contributed by atoms with E-state index in [4.69, 9.17) is 17.3 Å². The SMILES string of the molecule is CCCC(N)c1cc2[nH]c(=O)[nH]c2cc1Cl. The van der Waals surface area contributed by atoms with E-state index >= 15 is 0 Å². The molecule has 1 heterocycles. The van der Waals surface area contributed by atoms with Crippen molar-refractivity contribution >= 4 is 22.6 Å². The highest BCUT2D eigenvalue weighted by Crippen LogP contribution is 2.27. The van der Waals surface area contributed by atoms with Crippen molar-refractivity contribution in [3.8, 4) is 0 Å². The number of aromatic amines is 2. The lowest BCUT2D eigenvalue weighted by Crippen LogP contribution is -2.10. The average Bonchev–Trinajstić information content (AvgIpc) is 2.56. The van der Waals surface area contributed by atoms with Gasteiger partial charge in [-0.2, -0.15) is 0 Å². The summed E-state index contributed by atoms with van der Waals surface area (Å²) in [7, 11) is 0. The van der Waals surface area contributed by atoms with E-state index in [2.05, 4.69) is 16.9 Å². The second-order valence-electron chi connectivity index (χ2n) is 3.89. The fraction of sp³-hybridized carbons (Fsp3) is 0.364. The minimum Gasteiger partial charge on any atom is -0.324 e. The molecule has 0 aliphatic heterocycles. The first-order valence-electron chi connectivity index (χ1n) is 5.29. The molecule has 5 heteroatoms. The van der Waals surface area contributed by atoms with E-state index in [1.165, 1.54) is 0 Å². The predicted octanol–water partition coefficient (Wildman–Crippen LogP) is 2.31. The van der Waals surface area contributed by atoms with E-state index in [0.29, 0.717) is 10.5 Å². The number of fused-ring (bicyclic) bond motifs is 1. The molecule has 1 aromatic heterocycles. The Balaban J connectivity index is 2.52. The molecule has 0 saturated carbocycles. The quantitative estimate of drug-likeness (QED) is 0.769. The number of imidazole rings is 1. The number of nitrogens with one attached hydrogen (secondary N) is 2. The van der Waals surface area contributed by atoms with Gasteiger partial charge in [0.15, 0.2) is 0 Å². The van der Waals surface area contributed by atoms with Crippen LogP contribution in [0.2, 0.25) is 5.02 Å². The predicted molar refractivity (Wildman–Crippen MR) is 65.8 cm³/mol. The zero-order chi connectivity index (χ0) is 11.7. The van der Waals surface area contributed by atoms with Crippen molar-refractivity contribution in [1.82, 2.24) is 9.97 Å². The first-order chi connectivity index (χ1) is 7.61. The molecule has 1 atom stereocenters. The van der Waals surface area contributed by atoms with Gasteiger partial charge in [0.2, 0.25) is 0 Å². The number of H-pyrrole nitrogens is 2. The Hall–Kier alpha value is -1.26. The Morgan fingerprint density at radius 2 is 2.00 bits per heavy atom. The normalized spacial score (nSPS) is 13.2. The summed E-state index contributed by atoms with van der Waals surface area (Å²) in [6.45, 7) is 2.07. The van der Waals surface area contributed by atoms with Crippen molar-refractivity contribution in [2.24, 2.45) is 5.73 Å². The molecule has 0 radical (unpaired) electrons. The Kier molecular flexibility index (Phi) is 3.03. The first kappa shape index (κ1) is 11.2. The third kappa shape index (κ3) is 1.99.